The summed E-state index contributed by atoms with van der Waals surface area (Å²) in [5.74, 6) is 7.72. The number of allylic oxidation sites excluding steroid dienone is 2. The van der Waals surface area contributed by atoms with E-state index in [0.717, 1.165) is 30.6 Å². The Balaban J connectivity index is 1.25. The molecule has 0 radical (unpaired) electrons. The molecule has 4 rings (SSSR count). The average molecular weight is 440 g/mol. The van der Waals surface area contributed by atoms with Gasteiger partial charge in [0.2, 0.25) is 0 Å². The molecular formula is C27H31F2NS. The molecule has 4 heteroatoms. The van der Waals surface area contributed by atoms with Gasteiger partial charge in [0.05, 0.1) is 5.16 Å². The van der Waals surface area contributed by atoms with Gasteiger partial charge in [0.1, 0.15) is 5.69 Å². The van der Waals surface area contributed by atoms with Crippen LogP contribution >= 0.6 is 12.2 Å². The van der Waals surface area contributed by atoms with Crippen LogP contribution in [0.15, 0.2) is 28.8 Å². The number of halogens is 2. The fourth-order valence-corrected chi connectivity index (χ4v) is 5.96. The highest BCUT2D eigenvalue weighted by Crippen LogP contribution is 2.43. The minimum Gasteiger partial charge on any atom is -0.204 e. The Morgan fingerprint density at radius 1 is 0.935 bits per heavy atom. The third-order valence-electron chi connectivity index (χ3n) is 7.61. The summed E-state index contributed by atoms with van der Waals surface area (Å²) in [6.07, 6.45) is 18.1. The summed E-state index contributed by atoms with van der Waals surface area (Å²) in [7, 11) is 0. The maximum atomic E-state index is 14.0. The number of nitrogens with zero attached hydrogens (tertiary/aromatic N) is 1. The van der Waals surface area contributed by atoms with Gasteiger partial charge in [-0.25, -0.2) is 8.78 Å². The molecule has 2 saturated carbocycles. The lowest BCUT2D eigenvalue weighted by atomic mass is 9.68. The van der Waals surface area contributed by atoms with Gasteiger partial charge in [-0.3, -0.25) is 0 Å². The zero-order valence-corrected chi connectivity index (χ0v) is 19.0. The molecule has 1 nitrogen and oxygen atoms in total. The topological polar surface area (TPSA) is 12.4 Å². The minimum atomic E-state index is -0.745. The number of rotatable bonds is 4. The van der Waals surface area contributed by atoms with Crippen LogP contribution in [0.1, 0.15) is 82.6 Å². The van der Waals surface area contributed by atoms with E-state index < -0.39 is 17.3 Å². The molecule has 0 unspecified atom stereocenters. The van der Waals surface area contributed by atoms with Crippen molar-refractivity contribution in [2.24, 2.45) is 28.7 Å². The molecule has 2 fully saturated rings. The van der Waals surface area contributed by atoms with Gasteiger partial charge in [0, 0.05) is 11.5 Å². The molecule has 1 aromatic rings. The summed E-state index contributed by atoms with van der Waals surface area (Å²) in [6.45, 7) is 0. The van der Waals surface area contributed by atoms with Gasteiger partial charge in [-0.15, -0.1) is 0 Å². The molecule has 0 heterocycles. The third-order valence-corrected chi connectivity index (χ3v) is 7.70. The molecule has 3 aliphatic carbocycles. The second-order valence-corrected chi connectivity index (χ2v) is 9.79. The van der Waals surface area contributed by atoms with E-state index in [1.54, 1.807) is 5.57 Å². The molecule has 0 aliphatic heterocycles. The average Bonchev–Trinajstić information content (AvgIpc) is 3.29. The molecule has 31 heavy (non-hydrogen) atoms. The summed E-state index contributed by atoms with van der Waals surface area (Å²) in [5, 5.41) is 2.01. The Labute approximate surface area is 190 Å². The van der Waals surface area contributed by atoms with Crippen molar-refractivity contribution in [2.75, 3.05) is 0 Å². The Morgan fingerprint density at radius 2 is 1.58 bits per heavy atom. The van der Waals surface area contributed by atoms with Crippen LogP contribution in [-0.4, -0.2) is 5.16 Å². The van der Waals surface area contributed by atoms with Crippen LogP contribution in [0.25, 0.3) is 0 Å². The summed E-state index contributed by atoms with van der Waals surface area (Å²) in [5.41, 5.74) is 1.69. The van der Waals surface area contributed by atoms with E-state index in [1.807, 2.05) is 5.16 Å². The van der Waals surface area contributed by atoms with E-state index in [4.69, 9.17) is 0 Å². The highest BCUT2D eigenvalue weighted by molar-refractivity contribution is 7.78. The lowest BCUT2D eigenvalue weighted by Gasteiger charge is -2.37. The largest absolute Gasteiger partial charge is 0.204 e. The van der Waals surface area contributed by atoms with E-state index >= 15 is 0 Å². The first-order valence-electron chi connectivity index (χ1n) is 11.9. The standard InChI is InChI=1S/C27H31F2NS/c28-25-16-22(17-26(29)27(25)30-18-31)6-5-19-7-11-23(12-8-19)24-13-9-21(10-14-24)15-20-3-1-2-4-20/h3,16-17,19,21,23-24H,1-2,4,7-15H2. The maximum Gasteiger partial charge on any atom is 0.153 e. The normalized spacial score (nSPS) is 28.3. The van der Waals surface area contributed by atoms with Gasteiger partial charge in [-0.2, -0.15) is 4.99 Å². The van der Waals surface area contributed by atoms with Crippen molar-refractivity contribution in [3.05, 3.63) is 41.0 Å². The van der Waals surface area contributed by atoms with Gasteiger partial charge < -0.3 is 0 Å². The number of benzene rings is 1. The number of thiocarbonyl (C=S) groups is 1. The molecule has 0 N–H and O–H groups in total. The minimum absolute atomic E-state index is 0.326. The smallest absolute Gasteiger partial charge is 0.153 e. The van der Waals surface area contributed by atoms with Gasteiger partial charge in [0.25, 0.3) is 0 Å². The van der Waals surface area contributed by atoms with Gasteiger partial charge in [-0.1, -0.05) is 23.5 Å². The summed E-state index contributed by atoms with van der Waals surface area (Å²) < 4.78 is 27.9. The van der Waals surface area contributed by atoms with Gasteiger partial charge in [-0.05, 0) is 119 Å². The highest BCUT2D eigenvalue weighted by atomic mass is 32.1. The first-order valence-corrected chi connectivity index (χ1v) is 12.3. The lowest BCUT2D eigenvalue weighted by Crippen LogP contribution is -2.25. The molecule has 0 atom stereocenters. The van der Waals surface area contributed by atoms with Crippen molar-refractivity contribution in [3.63, 3.8) is 0 Å². The molecule has 0 bridgehead atoms. The molecule has 1 aromatic carbocycles. The van der Waals surface area contributed by atoms with E-state index in [-0.39, 0.29) is 0 Å². The number of isothiocyanates is 1. The van der Waals surface area contributed by atoms with E-state index in [9.17, 15) is 8.78 Å². The van der Waals surface area contributed by atoms with Gasteiger partial charge >= 0.3 is 0 Å². The maximum absolute atomic E-state index is 14.0. The first-order chi connectivity index (χ1) is 15.1. The second kappa shape index (κ2) is 10.7. The number of hydrogen-bond acceptors (Lipinski definition) is 2. The summed E-state index contributed by atoms with van der Waals surface area (Å²) in [6, 6.07) is 2.46. The van der Waals surface area contributed by atoms with Crippen LogP contribution in [0.4, 0.5) is 14.5 Å². The molecule has 0 amide bonds. The zero-order valence-electron chi connectivity index (χ0n) is 18.1. The van der Waals surface area contributed by atoms with Crippen molar-refractivity contribution >= 4 is 23.1 Å². The van der Waals surface area contributed by atoms with Crippen molar-refractivity contribution < 1.29 is 8.78 Å². The Hall–Kier alpha value is -1.82. The van der Waals surface area contributed by atoms with Crippen LogP contribution in [0, 0.1) is 47.1 Å². The highest BCUT2D eigenvalue weighted by Gasteiger charge is 2.30. The summed E-state index contributed by atoms with van der Waals surface area (Å²) in [4.78, 5) is 3.44. The Kier molecular flexibility index (Phi) is 7.70. The fraction of sp³-hybridized carbons (Fsp3) is 0.593. The van der Waals surface area contributed by atoms with Crippen molar-refractivity contribution in [3.8, 4) is 11.8 Å². The van der Waals surface area contributed by atoms with Crippen molar-refractivity contribution in [1.82, 2.24) is 0 Å². The molecule has 3 aliphatic rings. The fourth-order valence-electron chi connectivity index (χ4n) is 5.87. The molecule has 0 aromatic heterocycles. The van der Waals surface area contributed by atoms with Crippen LogP contribution in [0.3, 0.4) is 0 Å². The predicted molar refractivity (Wildman–Crippen MR) is 125 cm³/mol. The number of aliphatic imine (C=N–C) groups is 1. The number of hydrogen-bond donors (Lipinski definition) is 0. The molecule has 0 spiro atoms. The molecule has 164 valence electrons. The zero-order chi connectivity index (χ0) is 21.6. The molecule has 0 saturated heterocycles. The van der Waals surface area contributed by atoms with E-state index in [1.165, 1.54) is 76.3 Å². The quantitative estimate of drug-likeness (QED) is 0.199. The van der Waals surface area contributed by atoms with E-state index in [0.29, 0.717) is 11.5 Å². The SMILES string of the molecule is Fc1cc(C#CC2CCC(C3CCC(CC4=CCCC4)CC3)CC2)cc(F)c1N=C=S. The van der Waals surface area contributed by atoms with Crippen molar-refractivity contribution in [2.45, 2.75) is 77.0 Å². The van der Waals surface area contributed by atoms with Crippen LogP contribution < -0.4 is 0 Å². The predicted octanol–water partition coefficient (Wildman–Crippen LogP) is 8.16. The molecular weight excluding hydrogens is 408 g/mol. The van der Waals surface area contributed by atoms with Crippen LogP contribution in [0.2, 0.25) is 0 Å². The Bertz CT molecular complexity index is 895. The summed E-state index contributed by atoms with van der Waals surface area (Å²) >= 11 is 4.43. The lowest BCUT2D eigenvalue weighted by molar-refractivity contribution is 0.157. The Morgan fingerprint density at radius 3 is 2.16 bits per heavy atom. The third kappa shape index (κ3) is 5.91. The van der Waals surface area contributed by atoms with Gasteiger partial charge in [0.15, 0.2) is 11.6 Å². The van der Waals surface area contributed by atoms with Crippen molar-refractivity contribution in [1.29, 1.82) is 0 Å². The van der Waals surface area contributed by atoms with Crippen LogP contribution in [-0.2, 0) is 0 Å². The first kappa shape index (κ1) is 22.4. The van der Waals surface area contributed by atoms with E-state index in [2.05, 4.69) is 35.1 Å². The second-order valence-electron chi connectivity index (χ2n) is 9.61. The monoisotopic (exact) mass is 439 g/mol. The van der Waals surface area contributed by atoms with Crippen LogP contribution in [0.5, 0.6) is 0 Å².